The Morgan fingerprint density at radius 2 is 1.33 bits per heavy atom. The lowest BCUT2D eigenvalue weighted by Gasteiger charge is -2.19. The first kappa shape index (κ1) is 12.5. The fraction of sp³-hybridized carbons (Fsp3) is 1.00. The second kappa shape index (κ2) is 6.98. The average molecular weight is 291 g/mol. The summed E-state index contributed by atoms with van der Waals surface area (Å²) in [5.74, 6) is 0. The fourth-order valence-electron chi connectivity index (χ4n) is 0.647. The maximum Gasteiger partial charge on any atom is 0.0905 e. The largest absolute Gasteiger partial charge is 0.394 e. The minimum atomic E-state index is -0.798. The van der Waals surface area contributed by atoms with E-state index in [2.05, 4.69) is 0 Å². The summed E-state index contributed by atoms with van der Waals surface area (Å²) >= 11 is 1.91. The van der Waals surface area contributed by atoms with Crippen LogP contribution in [0.1, 0.15) is 0 Å². The van der Waals surface area contributed by atoms with Gasteiger partial charge in [0.2, 0.25) is 0 Å². The predicted molar refractivity (Wildman–Crippen MR) is 51.8 cm³/mol. The molecule has 0 spiro atoms. The van der Waals surface area contributed by atoms with Crippen LogP contribution in [0.25, 0.3) is 0 Å². The smallest absolute Gasteiger partial charge is 0.0905 e. The summed E-state index contributed by atoms with van der Waals surface area (Å²) in [6.45, 7) is -0.0499. The molecular formula is C6H14INO4. The number of hydrogen-bond donors (Lipinski definition) is 4. The average Bonchev–Trinajstić information content (AvgIpc) is 2.03. The normalized spacial score (nSPS) is 16.5. The van der Waals surface area contributed by atoms with Crippen LogP contribution in [-0.4, -0.2) is 62.1 Å². The van der Waals surface area contributed by atoms with E-state index in [4.69, 9.17) is 20.4 Å². The van der Waals surface area contributed by atoms with Crippen molar-refractivity contribution in [2.45, 2.75) is 12.2 Å². The fourth-order valence-corrected chi connectivity index (χ4v) is 1.56. The third kappa shape index (κ3) is 6.09. The van der Waals surface area contributed by atoms with E-state index in [0.29, 0.717) is 0 Å². The van der Waals surface area contributed by atoms with E-state index in [0.717, 1.165) is 0 Å². The number of halogens is 1. The maximum atomic E-state index is 8.97. The molecule has 0 aromatic rings. The number of hydrogen-bond acceptors (Lipinski definition) is 5. The second-order valence-corrected chi connectivity index (χ2v) is 3.87. The molecule has 0 rings (SSSR count). The molecule has 0 bridgehead atoms. The van der Waals surface area contributed by atoms with Gasteiger partial charge in [-0.15, -0.1) is 0 Å². The van der Waals surface area contributed by atoms with Gasteiger partial charge in [-0.2, -0.15) is 0 Å². The van der Waals surface area contributed by atoms with Gasteiger partial charge in [0.15, 0.2) is 0 Å². The monoisotopic (exact) mass is 291 g/mol. The van der Waals surface area contributed by atoms with Crippen LogP contribution in [0.15, 0.2) is 0 Å². The van der Waals surface area contributed by atoms with E-state index < -0.39 is 12.2 Å². The summed E-state index contributed by atoms with van der Waals surface area (Å²) in [7, 11) is 0. The van der Waals surface area contributed by atoms with Gasteiger partial charge in [0.05, 0.1) is 25.4 Å². The Hall–Kier alpha value is 0.530. The summed E-state index contributed by atoms with van der Waals surface area (Å²) in [4.78, 5) is 0. The van der Waals surface area contributed by atoms with E-state index >= 15 is 0 Å². The zero-order chi connectivity index (χ0) is 9.56. The zero-order valence-corrected chi connectivity index (χ0v) is 8.75. The van der Waals surface area contributed by atoms with Gasteiger partial charge in [-0.3, -0.25) is 0 Å². The van der Waals surface area contributed by atoms with Crippen molar-refractivity contribution >= 4 is 22.9 Å². The first-order valence-corrected chi connectivity index (χ1v) is 4.55. The summed E-state index contributed by atoms with van der Waals surface area (Å²) in [6, 6.07) is 0. The van der Waals surface area contributed by atoms with Crippen molar-refractivity contribution in [1.82, 2.24) is 3.11 Å². The van der Waals surface area contributed by atoms with Gasteiger partial charge >= 0.3 is 0 Å². The van der Waals surface area contributed by atoms with Gasteiger partial charge in [0.25, 0.3) is 0 Å². The maximum absolute atomic E-state index is 8.97. The van der Waals surface area contributed by atoms with Gasteiger partial charge in [0, 0.05) is 36.0 Å². The molecule has 4 N–H and O–H groups in total. The van der Waals surface area contributed by atoms with Gasteiger partial charge in [-0.25, -0.2) is 3.11 Å². The molecule has 0 heterocycles. The first-order chi connectivity index (χ1) is 5.60. The minimum Gasteiger partial charge on any atom is -0.394 e. The molecule has 0 aromatic carbocycles. The Morgan fingerprint density at radius 1 is 1.00 bits per heavy atom. The molecule has 0 radical (unpaired) electrons. The number of aliphatic hydroxyl groups is 4. The number of rotatable bonds is 6. The lowest BCUT2D eigenvalue weighted by atomic mass is 10.3. The van der Waals surface area contributed by atoms with Crippen molar-refractivity contribution in [3.05, 3.63) is 0 Å². The first-order valence-electron chi connectivity index (χ1n) is 3.58. The number of aliphatic hydroxyl groups excluding tert-OH is 4. The van der Waals surface area contributed by atoms with Crippen molar-refractivity contribution in [1.29, 1.82) is 0 Å². The highest BCUT2D eigenvalue weighted by Gasteiger charge is 2.11. The standard InChI is InChI=1S/C6H14INO4/c7-8(1-5(11)3-9)2-6(12)4-10/h5-6,9-12H,1-4H2. The molecule has 0 saturated carbocycles. The highest BCUT2D eigenvalue weighted by atomic mass is 127. The molecule has 0 aromatic heterocycles. The van der Waals surface area contributed by atoms with Crippen molar-refractivity contribution in [2.75, 3.05) is 26.3 Å². The molecule has 74 valence electrons. The van der Waals surface area contributed by atoms with E-state index in [1.807, 2.05) is 22.9 Å². The molecule has 0 fully saturated rings. The summed E-state index contributed by atoms with van der Waals surface area (Å²) in [5, 5.41) is 34.9. The summed E-state index contributed by atoms with van der Waals surface area (Å²) < 4.78 is 1.61. The molecule has 5 nitrogen and oxygen atoms in total. The van der Waals surface area contributed by atoms with Crippen LogP contribution in [0.2, 0.25) is 0 Å². The molecule has 2 atom stereocenters. The second-order valence-electron chi connectivity index (χ2n) is 2.50. The lowest BCUT2D eigenvalue weighted by molar-refractivity contribution is 0.0569. The van der Waals surface area contributed by atoms with Crippen LogP contribution in [0.3, 0.4) is 0 Å². The Labute approximate surface area is 85.1 Å². The Bertz CT molecular complexity index is 104. The van der Waals surface area contributed by atoms with Gasteiger partial charge in [-0.05, 0) is 0 Å². The highest BCUT2D eigenvalue weighted by Crippen LogP contribution is 2.02. The quantitative estimate of drug-likeness (QED) is 0.348. The Morgan fingerprint density at radius 3 is 1.58 bits per heavy atom. The molecular weight excluding hydrogens is 277 g/mol. The van der Waals surface area contributed by atoms with Crippen molar-refractivity contribution in [3.8, 4) is 0 Å². The molecule has 12 heavy (non-hydrogen) atoms. The van der Waals surface area contributed by atoms with E-state index in [9.17, 15) is 0 Å². The van der Waals surface area contributed by atoms with Crippen molar-refractivity contribution < 1.29 is 20.4 Å². The van der Waals surface area contributed by atoms with Crippen LogP contribution in [0.5, 0.6) is 0 Å². The van der Waals surface area contributed by atoms with Crippen molar-refractivity contribution in [2.24, 2.45) is 0 Å². The molecule has 0 amide bonds. The van der Waals surface area contributed by atoms with E-state index in [1.165, 1.54) is 0 Å². The van der Waals surface area contributed by atoms with Crippen molar-refractivity contribution in [3.63, 3.8) is 0 Å². The van der Waals surface area contributed by atoms with Crippen LogP contribution in [0.4, 0.5) is 0 Å². The number of nitrogens with zero attached hydrogens (tertiary/aromatic N) is 1. The third-order valence-corrected chi connectivity index (χ3v) is 2.03. The topological polar surface area (TPSA) is 84.2 Å². The van der Waals surface area contributed by atoms with Crippen LogP contribution >= 0.6 is 22.9 Å². The van der Waals surface area contributed by atoms with Gasteiger partial charge < -0.3 is 20.4 Å². The predicted octanol–water partition coefficient (Wildman–Crippen LogP) is -1.66. The molecule has 0 aliphatic carbocycles. The minimum absolute atomic E-state index is 0.272. The summed E-state index contributed by atoms with van der Waals surface area (Å²) in [6.07, 6.45) is -1.60. The SMILES string of the molecule is OCC(O)CN(I)CC(O)CO. The van der Waals surface area contributed by atoms with E-state index in [1.54, 1.807) is 3.11 Å². The van der Waals surface area contributed by atoms with Crippen LogP contribution in [-0.2, 0) is 0 Å². The lowest BCUT2D eigenvalue weighted by Crippen LogP contribution is -2.34. The van der Waals surface area contributed by atoms with E-state index in [-0.39, 0.29) is 26.3 Å². The third-order valence-electron chi connectivity index (χ3n) is 1.24. The van der Waals surface area contributed by atoms with Gasteiger partial charge in [-0.1, -0.05) is 0 Å². The molecule has 0 aliphatic rings. The molecule has 0 saturated heterocycles. The highest BCUT2D eigenvalue weighted by molar-refractivity contribution is 14.1. The Kier molecular flexibility index (Phi) is 7.29. The molecule has 2 unspecified atom stereocenters. The summed E-state index contributed by atoms with van der Waals surface area (Å²) in [5.41, 5.74) is 0. The van der Waals surface area contributed by atoms with Gasteiger partial charge in [0.1, 0.15) is 0 Å². The Balaban J connectivity index is 3.51. The molecule has 0 aliphatic heterocycles. The zero-order valence-electron chi connectivity index (χ0n) is 6.60. The van der Waals surface area contributed by atoms with Crippen LogP contribution in [0, 0.1) is 0 Å². The molecule has 6 heteroatoms. The van der Waals surface area contributed by atoms with Crippen LogP contribution < -0.4 is 0 Å².